The Morgan fingerprint density at radius 3 is 2.00 bits per heavy atom. The highest BCUT2D eigenvalue weighted by Crippen LogP contribution is 2.30. The molecule has 0 saturated carbocycles. The number of ether oxygens (including phenoxy) is 2. The van der Waals surface area contributed by atoms with Gasteiger partial charge in [0.25, 0.3) is 0 Å². The molecule has 0 N–H and O–H groups in total. The summed E-state index contributed by atoms with van der Waals surface area (Å²) in [6.45, 7) is 14.7. The second kappa shape index (κ2) is 8.89. The molecule has 2 rings (SSSR count). The minimum atomic E-state index is 0.0613. The van der Waals surface area contributed by atoms with Crippen molar-refractivity contribution in [2.24, 2.45) is 0 Å². The summed E-state index contributed by atoms with van der Waals surface area (Å²) in [5, 5.41) is 0. The summed E-state index contributed by atoms with van der Waals surface area (Å²) in [6, 6.07) is 14.5. The van der Waals surface area contributed by atoms with E-state index < -0.39 is 0 Å². The molecule has 0 aliphatic carbocycles. The van der Waals surface area contributed by atoms with E-state index in [0.717, 1.165) is 22.6 Å². The number of aryl methyl sites for hydroxylation is 1. The first-order chi connectivity index (χ1) is 11.3. The van der Waals surface area contributed by atoms with Crippen LogP contribution in [0.4, 0.5) is 0 Å². The lowest BCUT2D eigenvalue weighted by Gasteiger charge is -2.19. The van der Waals surface area contributed by atoms with Crippen LogP contribution in [-0.2, 0) is 10.2 Å². The van der Waals surface area contributed by atoms with E-state index >= 15 is 0 Å². The topological polar surface area (TPSA) is 18.5 Å². The zero-order chi connectivity index (χ0) is 18.3. The molecule has 1 atom stereocenters. The van der Waals surface area contributed by atoms with E-state index in [1.54, 1.807) is 7.11 Å². The van der Waals surface area contributed by atoms with Crippen molar-refractivity contribution in [3.05, 3.63) is 59.2 Å². The van der Waals surface area contributed by atoms with Gasteiger partial charge in [-0.3, -0.25) is 0 Å². The summed E-state index contributed by atoms with van der Waals surface area (Å²) in [5.41, 5.74) is 3.70. The number of methoxy groups -OCH3 is 1. The summed E-state index contributed by atoms with van der Waals surface area (Å²) in [4.78, 5) is 0. The molecule has 0 fully saturated rings. The Morgan fingerprint density at radius 2 is 1.50 bits per heavy atom. The average Bonchev–Trinajstić information content (AvgIpc) is 2.57. The zero-order valence-electron chi connectivity index (χ0n) is 16.4. The Bertz CT molecular complexity index is 621. The summed E-state index contributed by atoms with van der Waals surface area (Å²) in [5.74, 6) is 1.74. The van der Waals surface area contributed by atoms with Crippen LogP contribution in [0.1, 0.15) is 64.3 Å². The van der Waals surface area contributed by atoms with Gasteiger partial charge in [-0.05, 0) is 54.2 Å². The van der Waals surface area contributed by atoms with Crippen LogP contribution in [0.2, 0.25) is 0 Å². The van der Waals surface area contributed by atoms with Gasteiger partial charge in [-0.25, -0.2) is 0 Å². The quantitative estimate of drug-likeness (QED) is 0.613. The lowest BCUT2D eigenvalue weighted by Crippen LogP contribution is -2.10. The monoisotopic (exact) mass is 328 g/mol. The van der Waals surface area contributed by atoms with Gasteiger partial charge in [-0.1, -0.05) is 58.9 Å². The first-order valence-corrected chi connectivity index (χ1v) is 8.73. The Morgan fingerprint density at radius 1 is 0.917 bits per heavy atom. The molecule has 132 valence electrons. The van der Waals surface area contributed by atoms with Crippen molar-refractivity contribution in [1.82, 2.24) is 0 Å². The van der Waals surface area contributed by atoms with E-state index in [4.69, 9.17) is 9.47 Å². The Kier molecular flexibility index (Phi) is 7.50. The van der Waals surface area contributed by atoms with E-state index in [2.05, 4.69) is 58.0 Å². The van der Waals surface area contributed by atoms with Gasteiger partial charge < -0.3 is 9.47 Å². The Hall–Kier alpha value is -1.80. The maximum atomic E-state index is 6.06. The van der Waals surface area contributed by atoms with E-state index in [-0.39, 0.29) is 11.5 Å². The smallest absolute Gasteiger partial charge is 0.130 e. The second-order valence-corrected chi connectivity index (χ2v) is 6.78. The van der Waals surface area contributed by atoms with Crippen LogP contribution in [0.3, 0.4) is 0 Å². The maximum Gasteiger partial charge on any atom is 0.130 e. The number of rotatable bonds is 4. The molecule has 0 amide bonds. The highest BCUT2D eigenvalue weighted by Gasteiger charge is 2.13. The molecule has 0 bridgehead atoms. The van der Waals surface area contributed by atoms with Crippen LogP contribution in [0.15, 0.2) is 42.5 Å². The minimum Gasteiger partial charge on any atom is -0.457 e. The van der Waals surface area contributed by atoms with Crippen LogP contribution in [0.5, 0.6) is 11.5 Å². The standard InChI is InChI=1S/C20H26O2.C2H6/c1-14-7-8-16(15(2)21-6)13-19(14)22-18-11-9-17(10-12-18)20(3,4)5;1-2/h7-13,15H,1-6H3;1-2H3. The van der Waals surface area contributed by atoms with E-state index in [0.29, 0.717) is 0 Å². The highest BCUT2D eigenvalue weighted by atomic mass is 16.5. The zero-order valence-corrected chi connectivity index (χ0v) is 16.4. The molecule has 0 saturated heterocycles. The maximum absolute atomic E-state index is 6.06. The van der Waals surface area contributed by atoms with Crippen molar-refractivity contribution in [3.8, 4) is 11.5 Å². The molecular weight excluding hydrogens is 296 g/mol. The molecule has 0 radical (unpaired) electrons. The van der Waals surface area contributed by atoms with Gasteiger partial charge in [0.2, 0.25) is 0 Å². The number of benzene rings is 2. The molecule has 24 heavy (non-hydrogen) atoms. The minimum absolute atomic E-state index is 0.0613. The fourth-order valence-electron chi connectivity index (χ4n) is 2.27. The third-order valence-corrected chi connectivity index (χ3v) is 3.98. The van der Waals surface area contributed by atoms with Crippen LogP contribution in [-0.4, -0.2) is 7.11 Å². The van der Waals surface area contributed by atoms with E-state index in [1.165, 1.54) is 5.56 Å². The van der Waals surface area contributed by atoms with Crippen LogP contribution >= 0.6 is 0 Å². The van der Waals surface area contributed by atoms with E-state index in [9.17, 15) is 0 Å². The van der Waals surface area contributed by atoms with Gasteiger partial charge in [-0.2, -0.15) is 0 Å². The average molecular weight is 328 g/mol. The number of hydrogen-bond acceptors (Lipinski definition) is 2. The molecule has 2 aromatic rings. The summed E-state index contributed by atoms with van der Waals surface area (Å²) in [6.07, 6.45) is 0.0613. The predicted octanol–water partition coefficient (Wildman–Crippen LogP) is 6.82. The van der Waals surface area contributed by atoms with Gasteiger partial charge in [-0.15, -0.1) is 0 Å². The fraction of sp³-hybridized carbons (Fsp3) is 0.455. The van der Waals surface area contributed by atoms with Gasteiger partial charge in [0.1, 0.15) is 11.5 Å². The summed E-state index contributed by atoms with van der Waals surface area (Å²) in [7, 11) is 1.72. The van der Waals surface area contributed by atoms with Crippen molar-refractivity contribution in [2.45, 2.75) is 60.0 Å². The molecule has 0 aliphatic rings. The van der Waals surface area contributed by atoms with Gasteiger partial charge in [0.15, 0.2) is 0 Å². The molecular formula is C22H32O2. The first-order valence-electron chi connectivity index (χ1n) is 8.73. The van der Waals surface area contributed by atoms with Crippen molar-refractivity contribution in [2.75, 3.05) is 7.11 Å². The predicted molar refractivity (Wildman–Crippen MR) is 103 cm³/mol. The second-order valence-electron chi connectivity index (χ2n) is 6.78. The van der Waals surface area contributed by atoms with Crippen molar-refractivity contribution in [1.29, 1.82) is 0 Å². The highest BCUT2D eigenvalue weighted by molar-refractivity contribution is 5.41. The third-order valence-electron chi connectivity index (χ3n) is 3.98. The van der Waals surface area contributed by atoms with Gasteiger partial charge >= 0.3 is 0 Å². The molecule has 0 spiro atoms. The summed E-state index contributed by atoms with van der Waals surface area (Å²) < 4.78 is 11.4. The third kappa shape index (κ3) is 5.38. The van der Waals surface area contributed by atoms with Crippen molar-refractivity contribution >= 4 is 0 Å². The molecule has 1 unspecified atom stereocenters. The normalized spacial score (nSPS) is 12.2. The molecule has 2 heteroatoms. The van der Waals surface area contributed by atoms with Crippen LogP contribution in [0, 0.1) is 6.92 Å². The molecule has 0 aromatic heterocycles. The lowest BCUT2D eigenvalue weighted by atomic mass is 9.87. The van der Waals surface area contributed by atoms with Crippen LogP contribution < -0.4 is 4.74 Å². The molecule has 2 nitrogen and oxygen atoms in total. The van der Waals surface area contributed by atoms with Crippen molar-refractivity contribution in [3.63, 3.8) is 0 Å². The van der Waals surface area contributed by atoms with Crippen molar-refractivity contribution < 1.29 is 9.47 Å². The van der Waals surface area contributed by atoms with Gasteiger partial charge in [0.05, 0.1) is 6.10 Å². The number of hydrogen-bond donors (Lipinski definition) is 0. The Labute approximate surface area is 147 Å². The molecule has 0 aliphatic heterocycles. The first kappa shape index (κ1) is 20.2. The fourth-order valence-corrected chi connectivity index (χ4v) is 2.27. The van der Waals surface area contributed by atoms with Crippen LogP contribution in [0.25, 0.3) is 0 Å². The van der Waals surface area contributed by atoms with E-state index in [1.807, 2.05) is 32.9 Å². The summed E-state index contributed by atoms with van der Waals surface area (Å²) >= 11 is 0. The largest absolute Gasteiger partial charge is 0.457 e. The lowest BCUT2D eigenvalue weighted by molar-refractivity contribution is 0.119. The van der Waals surface area contributed by atoms with Gasteiger partial charge in [0, 0.05) is 7.11 Å². The SMILES string of the molecule is CC.COC(C)c1ccc(C)c(Oc2ccc(C(C)(C)C)cc2)c1. The molecule has 0 heterocycles. The molecule has 2 aromatic carbocycles. The Balaban J connectivity index is 0.00000139.